The third-order valence-electron chi connectivity index (χ3n) is 4.94. The zero-order chi connectivity index (χ0) is 23.8. The molecule has 174 valence electrons. The molecule has 1 heterocycles. The Morgan fingerprint density at radius 3 is 2.29 bits per heavy atom. The molecule has 3 aromatic carbocycles. The van der Waals surface area contributed by atoms with Crippen molar-refractivity contribution in [2.45, 2.75) is 11.9 Å². The Hall–Kier alpha value is -3.65. The normalized spacial score (nSPS) is 10.8. The minimum Gasteiger partial charge on any atom is -0.494 e. The average Bonchev–Trinajstić information content (AvgIpc) is 2.87. The molecule has 1 amide bonds. The van der Waals surface area contributed by atoms with Crippen LogP contribution in [0.5, 0.6) is 11.5 Å². The summed E-state index contributed by atoms with van der Waals surface area (Å²) >= 11 is 1.32. The van der Waals surface area contributed by atoms with E-state index in [-0.39, 0.29) is 17.5 Å². The Morgan fingerprint density at radius 2 is 1.59 bits per heavy atom. The molecule has 0 saturated carbocycles. The van der Waals surface area contributed by atoms with Crippen molar-refractivity contribution >= 4 is 28.4 Å². The maximum absolute atomic E-state index is 13.3. The summed E-state index contributed by atoms with van der Waals surface area (Å²) in [6, 6.07) is 21.3. The fourth-order valence-corrected chi connectivity index (χ4v) is 4.15. The Labute approximate surface area is 201 Å². The van der Waals surface area contributed by atoms with Crippen molar-refractivity contribution in [1.29, 1.82) is 0 Å². The average molecular weight is 478 g/mol. The van der Waals surface area contributed by atoms with Gasteiger partial charge in [0.15, 0.2) is 0 Å². The maximum Gasteiger partial charge on any atom is 0.230 e. The minimum atomic E-state index is -0.302. The predicted molar refractivity (Wildman–Crippen MR) is 132 cm³/mol. The van der Waals surface area contributed by atoms with Crippen molar-refractivity contribution < 1.29 is 18.7 Å². The van der Waals surface area contributed by atoms with Crippen LogP contribution in [0, 0.1) is 5.82 Å². The predicted octanol–water partition coefficient (Wildman–Crippen LogP) is 5.12. The summed E-state index contributed by atoms with van der Waals surface area (Å²) < 4.78 is 24.4. The molecule has 0 aliphatic carbocycles. The van der Waals surface area contributed by atoms with E-state index in [1.54, 1.807) is 12.1 Å². The second kappa shape index (κ2) is 11.5. The number of rotatable bonds is 10. The van der Waals surface area contributed by atoms with Gasteiger partial charge in [0.1, 0.15) is 34.6 Å². The molecule has 1 aromatic heterocycles. The Balaban J connectivity index is 1.31. The van der Waals surface area contributed by atoms with Gasteiger partial charge in [-0.05, 0) is 55.5 Å². The SMILES string of the molecule is CCOc1ccc(OCCNC(=O)CSc2nnc(-c3ccc(F)cc3)c3ccccc23)cc1. The number of fused-ring (bicyclic) bond motifs is 1. The van der Waals surface area contributed by atoms with Crippen molar-refractivity contribution in [2.75, 3.05) is 25.5 Å². The molecule has 0 spiro atoms. The van der Waals surface area contributed by atoms with Gasteiger partial charge in [-0.2, -0.15) is 0 Å². The van der Waals surface area contributed by atoms with Crippen LogP contribution in [0.15, 0.2) is 77.8 Å². The Kier molecular flexibility index (Phi) is 7.93. The highest BCUT2D eigenvalue weighted by atomic mass is 32.2. The van der Waals surface area contributed by atoms with E-state index in [9.17, 15) is 9.18 Å². The number of ether oxygens (including phenoxy) is 2. The Morgan fingerprint density at radius 1 is 0.912 bits per heavy atom. The second-order valence-electron chi connectivity index (χ2n) is 7.30. The standard InChI is InChI=1S/C26H24FN3O3S/c1-2-32-20-11-13-21(14-12-20)33-16-15-28-24(31)17-34-26-23-6-4-3-5-22(23)25(29-30-26)18-7-9-19(27)10-8-18/h3-14H,2,15-17H2,1H3,(H,28,31). The first-order valence-electron chi connectivity index (χ1n) is 10.9. The molecule has 0 atom stereocenters. The van der Waals surface area contributed by atoms with Crippen molar-refractivity contribution in [2.24, 2.45) is 0 Å². The lowest BCUT2D eigenvalue weighted by atomic mass is 10.1. The molecule has 0 radical (unpaired) electrons. The first kappa shape index (κ1) is 23.5. The number of benzene rings is 3. The van der Waals surface area contributed by atoms with Gasteiger partial charge in [0.05, 0.1) is 18.9 Å². The lowest BCUT2D eigenvalue weighted by Crippen LogP contribution is -2.29. The fourth-order valence-electron chi connectivity index (χ4n) is 3.35. The summed E-state index contributed by atoms with van der Waals surface area (Å²) in [6.07, 6.45) is 0. The van der Waals surface area contributed by atoms with Crippen LogP contribution in [-0.4, -0.2) is 41.6 Å². The van der Waals surface area contributed by atoms with E-state index in [1.807, 2.05) is 55.5 Å². The van der Waals surface area contributed by atoms with Gasteiger partial charge >= 0.3 is 0 Å². The van der Waals surface area contributed by atoms with E-state index in [0.717, 1.165) is 27.8 Å². The molecule has 1 N–H and O–H groups in total. The van der Waals surface area contributed by atoms with Crippen LogP contribution in [-0.2, 0) is 4.79 Å². The molecule has 0 saturated heterocycles. The van der Waals surface area contributed by atoms with Gasteiger partial charge in [-0.25, -0.2) is 4.39 Å². The van der Waals surface area contributed by atoms with Gasteiger partial charge in [0.25, 0.3) is 0 Å². The summed E-state index contributed by atoms with van der Waals surface area (Å²) in [5, 5.41) is 14.0. The zero-order valence-corrected chi connectivity index (χ0v) is 19.5. The molecule has 4 rings (SSSR count). The number of nitrogens with zero attached hydrogens (tertiary/aromatic N) is 2. The smallest absolute Gasteiger partial charge is 0.230 e. The molecule has 8 heteroatoms. The number of hydrogen-bond donors (Lipinski definition) is 1. The highest BCUT2D eigenvalue weighted by Crippen LogP contribution is 2.31. The van der Waals surface area contributed by atoms with E-state index < -0.39 is 0 Å². The summed E-state index contributed by atoms with van der Waals surface area (Å²) in [5.41, 5.74) is 1.46. The molecular weight excluding hydrogens is 453 g/mol. The third-order valence-corrected chi connectivity index (χ3v) is 5.92. The number of nitrogens with one attached hydrogen (secondary N) is 1. The van der Waals surface area contributed by atoms with Crippen molar-refractivity contribution in [1.82, 2.24) is 15.5 Å². The molecular formula is C26H24FN3O3S. The monoisotopic (exact) mass is 477 g/mol. The number of halogens is 1. The van der Waals surface area contributed by atoms with Gasteiger partial charge < -0.3 is 14.8 Å². The van der Waals surface area contributed by atoms with E-state index in [4.69, 9.17) is 9.47 Å². The molecule has 0 aliphatic rings. The van der Waals surface area contributed by atoms with Gasteiger partial charge in [-0.15, -0.1) is 10.2 Å². The van der Waals surface area contributed by atoms with Crippen molar-refractivity contribution in [3.05, 3.63) is 78.6 Å². The molecule has 0 bridgehead atoms. The van der Waals surface area contributed by atoms with E-state index in [1.165, 1.54) is 23.9 Å². The first-order valence-corrected chi connectivity index (χ1v) is 11.9. The van der Waals surface area contributed by atoms with Crippen molar-refractivity contribution in [3.63, 3.8) is 0 Å². The molecule has 4 aromatic rings. The van der Waals surface area contributed by atoms with Gasteiger partial charge in [0, 0.05) is 16.3 Å². The van der Waals surface area contributed by atoms with Crippen LogP contribution < -0.4 is 14.8 Å². The third kappa shape index (κ3) is 6.02. The van der Waals surface area contributed by atoms with E-state index >= 15 is 0 Å². The topological polar surface area (TPSA) is 73.3 Å². The minimum absolute atomic E-state index is 0.117. The van der Waals surface area contributed by atoms with Crippen LogP contribution in [0.1, 0.15) is 6.92 Å². The van der Waals surface area contributed by atoms with Crippen LogP contribution in [0.3, 0.4) is 0 Å². The van der Waals surface area contributed by atoms with Crippen LogP contribution in [0.2, 0.25) is 0 Å². The lowest BCUT2D eigenvalue weighted by molar-refractivity contribution is -0.118. The molecule has 0 aliphatic heterocycles. The first-order chi connectivity index (χ1) is 16.6. The molecule has 6 nitrogen and oxygen atoms in total. The molecule has 0 fully saturated rings. The number of aromatic nitrogens is 2. The summed E-state index contributed by atoms with van der Waals surface area (Å²) in [7, 11) is 0. The highest BCUT2D eigenvalue weighted by Gasteiger charge is 2.13. The zero-order valence-electron chi connectivity index (χ0n) is 18.7. The van der Waals surface area contributed by atoms with Crippen LogP contribution >= 0.6 is 11.8 Å². The fraction of sp³-hybridized carbons (Fsp3) is 0.192. The lowest BCUT2D eigenvalue weighted by Gasteiger charge is -2.10. The number of carbonyl (C=O) groups is 1. The number of amides is 1. The highest BCUT2D eigenvalue weighted by molar-refractivity contribution is 8.00. The maximum atomic E-state index is 13.3. The Bertz CT molecular complexity index is 1250. The summed E-state index contributed by atoms with van der Waals surface area (Å²) in [4.78, 5) is 12.3. The van der Waals surface area contributed by atoms with Crippen molar-refractivity contribution in [3.8, 4) is 22.8 Å². The van der Waals surface area contributed by atoms with Gasteiger partial charge in [-0.3, -0.25) is 4.79 Å². The van der Waals surface area contributed by atoms with Gasteiger partial charge in [0.2, 0.25) is 5.91 Å². The van der Waals surface area contributed by atoms with E-state index in [0.29, 0.717) is 30.5 Å². The quantitative estimate of drug-likeness (QED) is 0.252. The van der Waals surface area contributed by atoms with Gasteiger partial charge in [-0.1, -0.05) is 36.0 Å². The van der Waals surface area contributed by atoms with E-state index in [2.05, 4.69) is 15.5 Å². The summed E-state index contributed by atoms with van der Waals surface area (Å²) in [5.74, 6) is 1.30. The number of hydrogen-bond acceptors (Lipinski definition) is 6. The van der Waals surface area contributed by atoms with Crippen LogP contribution in [0.25, 0.3) is 22.0 Å². The summed E-state index contributed by atoms with van der Waals surface area (Å²) in [6.45, 7) is 3.30. The molecule has 34 heavy (non-hydrogen) atoms. The number of carbonyl (C=O) groups excluding carboxylic acids is 1. The second-order valence-corrected chi connectivity index (χ2v) is 8.26. The number of thioether (sulfide) groups is 1. The molecule has 0 unspecified atom stereocenters. The largest absolute Gasteiger partial charge is 0.494 e. The van der Waals surface area contributed by atoms with Crippen LogP contribution in [0.4, 0.5) is 4.39 Å².